The highest BCUT2D eigenvalue weighted by Crippen LogP contribution is 1.33. The van der Waals surface area contributed by atoms with Gasteiger partial charge in [0.1, 0.15) is 0 Å². The third-order valence-corrected chi connectivity index (χ3v) is 0. The van der Waals surface area contributed by atoms with E-state index in [0.29, 0.717) is 0 Å². The highest BCUT2D eigenvalue weighted by atomic mass is 16.1. The van der Waals surface area contributed by atoms with Crippen molar-refractivity contribution >= 4 is 11.8 Å². The zero-order valence-electron chi connectivity index (χ0n) is 5.47. The first-order valence-corrected chi connectivity index (χ1v) is 1.99. The number of rotatable bonds is 0. The highest BCUT2D eigenvalue weighted by Gasteiger charge is 1.61. The number of amides is 2. The van der Waals surface area contributed by atoms with E-state index in [9.17, 15) is 9.59 Å². The molecule has 0 saturated carbocycles. The topological polar surface area (TPSA) is 118 Å². The van der Waals surface area contributed by atoms with Gasteiger partial charge in [-0.25, -0.2) is 0 Å². The van der Waals surface area contributed by atoms with Crippen LogP contribution in [0.2, 0.25) is 0 Å². The van der Waals surface area contributed by atoms with Crippen molar-refractivity contribution in [2.45, 2.75) is 13.8 Å². The van der Waals surface area contributed by atoms with Crippen LogP contribution in [-0.4, -0.2) is 17.3 Å². The fourth-order valence-electron chi connectivity index (χ4n) is 0. The summed E-state index contributed by atoms with van der Waals surface area (Å²) in [6, 6.07) is 0. The summed E-state index contributed by atoms with van der Waals surface area (Å²) in [6.07, 6.45) is 0. The van der Waals surface area contributed by atoms with Gasteiger partial charge in [-0.15, -0.1) is 0 Å². The molecule has 5 heteroatoms. The number of nitrogens with two attached hydrogens (primary N) is 2. The van der Waals surface area contributed by atoms with Gasteiger partial charge in [-0.05, 0) is 0 Å². The highest BCUT2D eigenvalue weighted by molar-refractivity contribution is 5.70. The van der Waals surface area contributed by atoms with Gasteiger partial charge in [0.15, 0.2) is 0 Å². The predicted molar refractivity (Wildman–Crippen MR) is 33.4 cm³/mol. The Morgan fingerprint density at radius 2 is 1.00 bits per heavy atom. The number of carbonyl (C=O) groups is 2. The van der Waals surface area contributed by atoms with Crippen molar-refractivity contribution in [2.24, 2.45) is 11.5 Å². The molecule has 0 aliphatic carbocycles. The first kappa shape index (κ1) is 15.7. The summed E-state index contributed by atoms with van der Waals surface area (Å²) < 4.78 is 0. The van der Waals surface area contributed by atoms with Gasteiger partial charge in [-0.3, -0.25) is 9.59 Å². The molecule has 0 bridgehead atoms. The van der Waals surface area contributed by atoms with Crippen LogP contribution in [-0.2, 0) is 9.59 Å². The molecule has 6 N–H and O–H groups in total. The Balaban J connectivity index is -0.0000000720. The number of primary amides is 2. The van der Waals surface area contributed by atoms with Crippen LogP contribution in [0.4, 0.5) is 0 Å². The van der Waals surface area contributed by atoms with Gasteiger partial charge >= 0.3 is 0 Å². The quantitative estimate of drug-likeness (QED) is 0.407. The van der Waals surface area contributed by atoms with E-state index in [1.54, 1.807) is 0 Å². The fourth-order valence-corrected chi connectivity index (χ4v) is 0. The van der Waals surface area contributed by atoms with E-state index < -0.39 is 0 Å². The van der Waals surface area contributed by atoms with Crippen molar-refractivity contribution in [2.75, 3.05) is 0 Å². The minimum absolute atomic E-state index is 0. The van der Waals surface area contributed by atoms with Crippen molar-refractivity contribution in [3.8, 4) is 0 Å². The molecule has 0 unspecified atom stereocenters. The fraction of sp³-hybridized carbons (Fsp3) is 0.500. The van der Waals surface area contributed by atoms with Gasteiger partial charge in [-0.2, -0.15) is 0 Å². The smallest absolute Gasteiger partial charge is 0.214 e. The van der Waals surface area contributed by atoms with Crippen LogP contribution in [0.1, 0.15) is 13.8 Å². The lowest BCUT2D eigenvalue weighted by molar-refractivity contribution is -0.116. The monoisotopic (exact) mass is 136 g/mol. The van der Waals surface area contributed by atoms with E-state index in [0.717, 1.165) is 0 Å². The van der Waals surface area contributed by atoms with Gasteiger partial charge in [-0.1, -0.05) is 0 Å². The van der Waals surface area contributed by atoms with Crippen LogP contribution in [0, 0.1) is 0 Å². The lowest BCUT2D eigenvalue weighted by Gasteiger charge is -1.60. The summed E-state index contributed by atoms with van der Waals surface area (Å²) in [7, 11) is 0. The Morgan fingerprint density at radius 3 is 1.00 bits per heavy atom. The SMILES string of the molecule is CC(N)=O.CC(N)=O.O. The molecule has 0 spiro atoms. The molecule has 0 aliphatic heterocycles. The third-order valence-electron chi connectivity index (χ3n) is 0. The molecule has 9 heavy (non-hydrogen) atoms. The minimum Gasteiger partial charge on any atom is -0.412 e. The van der Waals surface area contributed by atoms with Crippen LogP contribution in [0.5, 0.6) is 0 Å². The molecule has 56 valence electrons. The molecular weight excluding hydrogens is 124 g/mol. The third kappa shape index (κ3) is 137. The Morgan fingerprint density at radius 1 is 1.00 bits per heavy atom. The van der Waals surface area contributed by atoms with E-state index in [1.807, 2.05) is 0 Å². The summed E-state index contributed by atoms with van der Waals surface area (Å²) in [4.78, 5) is 18.4. The van der Waals surface area contributed by atoms with E-state index in [4.69, 9.17) is 0 Å². The molecule has 0 aromatic heterocycles. The average Bonchev–Trinajstić information content (AvgIpc) is 1.25. The number of hydrogen-bond acceptors (Lipinski definition) is 2. The Labute approximate surface area is 53.3 Å². The van der Waals surface area contributed by atoms with Gasteiger partial charge in [0.2, 0.25) is 11.8 Å². The van der Waals surface area contributed by atoms with Crippen molar-refractivity contribution in [3.63, 3.8) is 0 Å². The second kappa shape index (κ2) is 10.0. The largest absolute Gasteiger partial charge is 0.412 e. The molecule has 0 aromatic carbocycles. The van der Waals surface area contributed by atoms with E-state index in [1.165, 1.54) is 13.8 Å². The summed E-state index contributed by atoms with van der Waals surface area (Å²) in [5, 5.41) is 0. The standard InChI is InChI=1S/2C2H5NO.H2O/c2*1-2(3)4;/h2*1H3,(H2,3,4);1H2. The zero-order valence-corrected chi connectivity index (χ0v) is 5.47. The average molecular weight is 136 g/mol. The first-order valence-electron chi connectivity index (χ1n) is 1.99. The van der Waals surface area contributed by atoms with Crippen molar-refractivity contribution in [1.29, 1.82) is 0 Å². The van der Waals surface area contributed by atoms with Gasteiger partial charge in [0, 0.05) is 13.8 Å². The maximum Gasteiger partial charge on any atom is 0.214 e. The Kier molecular flexibility index (Phi) is 17.4. The van der Waals surface area contributed by atoms with Crippen LogP contribution in [0.25, 0.3) is 0 Å². The molecule has 0 saturated heterocycles. The molecule has 0 atom stereocenters. The van der Waals surface area contributed by atoms with Crippen LogP contribution < -0.4 is 11.5 Å². The molecule has 0 fully saturated rings. The van der Waals surface area contributed by atoms with Crippen molar-refractivity contribution in [3.05, 3.63) is 0 Å². The van der Waals surface area contributed by atoms with E-state index in [-0.39, 0.29) is 17.3 Å². The van der Waals surface area contributed by atoms with Gasteiger partial charge < -0.3 is 16.9 Å². The molecule has 2 amide bonds. The predicted octanol–water partition coefficient (Wildman–Crippen LogP) is -1.84. The minimum atomic E-state index is -0.333. The molecule has 0 aromatic rings. The van der Waals surface area contributed by atoms with Crippen LogP contribution >= 0.6 is 0 Å². The number of hydrogen-bond donors (Lipinski definition) is 2. The number of carbonyl (C=O) groups excluding carboxylic acids is 2. The lowest BCUT2D eigenvalue weighted by Crippen LogP contribution is -2.01. The van der Waals surface area contributed by atoms with Gasteiger partial charge in [0.25, 0.3) is 0 Å². The Bertz CT molecular complexity index is 71.8. The molecular formula is C4H12N2O3. The maximum atomic E-state index is 9.22. The molecule has 5 nitrogen and oxygen atoms in total. The summed E-state index contributed by atoms with van der Waals surface area (Å²) in [6.45, 7) is 2.61. The second-order valence-electron chi connectivity index (χ2n) is 1.22. The van der Waals surface area contributed by atoms with Crippen LogP contribution in [0.3, 0.4) is 0 Å². The van der Waals surface area contributed by atoms with E-state index in [2.05, 4.69) is 11.5 Å². The molecule has 0 radical (unpaired) electrons. The summed E-state index contributed by atoms with van der Waals surface area (Å²) in [5.41, 5.74) is 8.94. The summed E-state index contributed by atoms with van der Waals surface area (Å²) in [5.74, 6) is -0.667. The molecule has 0 heterocycles. The Hall–Kier alpha value is -1.10. The summed E-state index contributed by atoms with van der Waals surface area (Å²) >= 11 is 0. The first-order chi connectivity index (χ1) is 3.46. The zero-order chi connectivity index (χ0) is 7.15. The lowest BCUT2D eigenvalue weighted by atomic mass is 10.8. The maximum absolute atomic E-state index is 9.22. The van der Waals surface area contributed by atoms with Gasteiger partial charge in [0.05, 0.1) is 0 Å². The van der Waals surface area contributed by atoms with Crippen molar-refractivity contribution < 1.29 is 15.1 Å². The molecule has 0 rings (SSSR count). The normalized spacial score (nSPS) is 5.56. The van der Waals surface area contributed by atoms with Crippen molar-refractivity contribution in [1.82, 2.24) is 0 Å². The van der Waals surface area contributed by atoms with E-state index >= 15 is 0 Å². The molecule has 0 aliphatic rings. The van der Waals surface area contributed by atoms with Crippen LogP contribution in [0.15, 0.2) is 0 Å². The second-order valence-corrected chi connectivity index (χ2v) is 1.22.